The Morgan fingerprint density at radius 2 is 1.73 bits per heavy atom. The average Bonchev–Trinajstić information content (AvgIpc) is 3.04. The maximum absolute atomic E-state index is 13.1. The fourth-order valence-electron chi connectivity index (χ4n) is 3.27. The molecule has 1 N–H and O–H groups in total. The SMILES string of the molecule is O=C(Nc1ccc2ccccc2c1)[C@H]1CC(=O)N(c2ccc(F)cc2)C1. The zero-order valence-electron chi connectivity index (χ0n) is 14.0. The van der Waals surface area contributed by atoms with Crippen molar-refractivity contribution >= 4 is 34.0 Å². The number of halogens is 1. The largest absolute Gasteiger partial charge is 0.326 e. The van der Waals surface area contributed by atoms with Crippen molar-refractivity contribution in [2.45, 2.75) is 6.42 Å². The lowest BCUT2D eigenvalue weighted by Crippen LogP contribution is -2.28. The molecular weight excluding hydrogens is 331 g/mol. The Hall–Kier alpha value is -3.21. The van der Waals surface area contributed by atoms with Gasteiger partial charge >= 0.3 is 0 Å². The van der Waals surface area contributed by atoms with E-state index in [0.717, 1.165) is 10.8 Å². The predicted molar refractivity (Wildman–Crippen MR) is 99.4 cm³/mol. The molecule has 3 aromatic rings. The third kappa shape index (κ3) is 3.16. The van der Waals surface area contributed by atoms with Crippen LogP contribution in [0.3, 0.4) is 0 Å². The second kappa shape index (κ2) is 6.59. The van der Waals surface area contributed by atoms with Crippen LogP contribution in [0.5, 0.6) is 0 Å². The molecule has 0 aliphatic carbocycles. The van der Waals surface area contributed by atoms with Gasteiger partial charge in [-0.25, -0.2) is 4.39 Å². The highest BCUT2D eigenvalue weighted by atomic mass is 19.1. The molecule has 2 amide bonds. The first-order valence-electron chi connectivity index (χ1n) is 8.46. The summed E-state index contributed by atoms with van der Waals surface area (Å²) in [7, 11) is 0. The van der Waals surface area contributed by atoms with Crippen molar-refractivity contribution in [3.8, 4) is 0 Å². The van der Waals surface area contributed by atoms with Gasteiger partial charge in [-0.3, -0.25) is 9.59 Å². The minimum absolute atomic E-state index is 0.129. The van der Waals surface area contributed by atoms with Crippen LogP contribution in [-0.2, 0) is 9.59 Å². The summed E-state index contributed by atoms with van der Waals surface area (Å²) in [4.78, 5) is 26.4. The van der Waals surface area contributed by atoms with Crippen molar-refractivity contribution in [2.24, 2.45) is 5.92 Å². The van der Waals surface area contributed by atoms with Crippen LogP contribution in [0.15, 0.2) is 66.7 Å². The molecule has 1 aliphatic rings. The normalized spacial score (nSPS) is 16.9. The first-order valence-corrected chi connectivity index (χ1v) is 8.46. The topological polar surface area (TPSA) is 49.4 Å². The van der Waals surface area contributed by atoms with Crippen LogP contribution in [0.4, 0.5) is 15.8 Å². The zero-order chi connectivity index (χ0) is 18.1. The number of carbonyl (C=O) groups is 2. The van der Waals surface area contributed by atoms with Crippen LogP contribution in [0.25, 0.3) is 10.8 Å². The van der Waals surface area contributed by atoms with Crippen LogP contribution >= 0.6 is 0 Å². The van der Waals surface area contributed by atoms with E-state index < -0.39 is 5.92 Å². The minimum atomic E-state index is -0.431. The molecule has 130 valence electrons. The second-order valence-corrected chi connectivity index (χ2v) is 6.43. The van der Waals surface area contributed by atoms with E-state index in [1.165, 1.54) is 17.0 Å². The molecule has 0 radical (unpaired) electrons. The summed E-state index contributed by atoms with van der Waals surface area (Å²) in [6.07, 6.45) is 0.150. The first-order chi connectivity index (χ1) is 12.6. The fraction of sp³-hybridized carbons (Fsp3) is 0.143. The smallest absolute Gasteiger partial charge is 0.229 e. The molecule has 5 heteroatoms. The van der Waals surface area contributed by atoms with E-state index in [9.17, 15) is 14.0 Å². The lowest BCUT2D eigenvalue weighted by molar-refractivity contribution is -0.122. The van der Waals surface area contributed by atoms with Crippen molar-refractivity contribution in [2.75, 3.05) is 16.8 Å². The molecule has 3 aromatic carbocycles. The molecule has 1 saturated heterocycles. The van der Waals surface area contributed by atoms with Gasteiger partial charge in [0.25, 0.3) is 0 Å². The summed E-state index contributed by atoms with van der Waals surface area (Å²) >= 11 is 0. The number of fused-ring (bicyclic) bond motifs is 1. The van der Waals surface area contributed by atoms with Gasteiger partial charge in [0.15, 0.2) is 0 Å². The highest BCUT2D eigenvalue weighted by Crippen LogP contribution is 2.27. The molecule has 0 aromatic heterocycles. The van der Waals surface area contributed by atoms with Gasteiger partial charge in [0.1, 0.15) is 5.82 Å². The van der Waals surface area contributed by atoms with Crippen LogP contribution in [-0.4, -0.2) is 18.4 Å². The van der Waals surface area contributed by atoms with Crippen molar-refractivity contribution in [1.29, 1.82) is 0 Å². The van der Waals surface area contributed by atoms with Gasteiger partial charge in [-0.05, 0) is 47.2 Å². The molecule has 26 heavy (non-hydrogen) atoms. The first kappa shape index (κ1) is 16.3. The molecule has 1 heterocycles. The fourth-order valence-corrected chi connectivity index (χ4v) is 3.27. The van der Waals surface area contributed by atoms with E-state index in [1.807, 2.05) is 42.5 Å². The van der Waals surface area contributed by atoms with Crippen LogP contribution in [0.1, 0.15) is 6.42 Å². The van der Waals surface area contributed by atoms with Crippen molar-refractivity contribution in [1.82, 2.24) is 0 Å². The lowest BCUT2D eigenvalue weighted by atomic mass is 10.1. The molecule has 4 nitrogen and oxygen atoms in total. The van der Waals surface area contributed by atoms with E-state index in [2.05, 4.69) is 5.32 Å². The maximum Gasteiger partial charge on any atom is 0.229 e. The van der Waals surface area contributed by atoms with Crippen LogP contribution < -0.4 is 10.2 Å². The van der Waals surface area contributed by atoms with E-state index in [1.54, 1.807) is 12.1 Å². The third-order valence-corrected chi connectivity index (χ3v) is 4.65. The summed E-state index contributed by atoms with van der Waals surface area (Å²) < 4.78 is 13.1. The van der Waals surface area contributed by atoms with Crippen molar-refractivity contribution in [3.63, 3.8) is 0 Å². The molecule has 4 rings (SSSR count). The van der Waals surface area contributed by atoms with Gasteiger partial charge in [0.2, 0.25) is 11.8 Å². The Labute approximate surface area is 150 Å². The van der Waals surface area contributed by atoms with Gasteiger partial charge in [-0.2, -0.15) is 0 Å². The van der Waals surface area contributed by atoms with E-state index in [-0.39, 0.29) is 24.1 Å². The van der Waals surface area contributed by atoms with Gasteiger partial charge in [-0.1, -0.05) is 30.3 Å². The number of anilines is 2. The van der Waals surface area contributed by atoms with Gasteiger partial charge in [0, 0.05) is 24.3 Å². The second-order valence-electron chi connectivity index (χ2n) is 6.43. The highest BCUT2D eigenvalue weighted by molar-refractivity contribution is 6.04. The van der Waals surface area contributed by atoms with E-state index in [4.69, 9.17) is 0 Å². The number of hydrogen-bond acceptors (Lipinski definition) is 2. The monoisotopic (exact) mass is 348 g/mol. The Morgan fingerprint density at radius 3 is 2.50 bits per heavy atom. The van der Waals surface area contributed by atoms with E-state index in [0.29, 0.717) is 17.9 Å². The average molecular weight is 348 g/mol. The third-order valence-electron chi connectivity index (χ3n) is 4.65. The summed E-state index contributed by atoms with van der Waals surface area (Å²) in [6, 6.07) is 19.4. The molecule has 0 bridgehead atoms. The van der Waals surface area contributed by atoms with Gasteiger partial charge < -0.3 is 10.2 Å². The molecular formula is C21H17FN2O2. The number of nitrogens with zero attached hydrogens (tertiary/aromatic N) is 1. The Bertz CT molecular complexity index is 985. The lowest BCUT2D eigenvalue weighted by Gasteiger charge is -2.16. The Balaban J connectivity index is 1.48. The molecule has 0 unspecified atom stereocenters. The molecule has 0 spiro atoms. The van der Waals surface area contributed by atoms with Crippen molar-refractivity contribution < 1.29 is 14.0 Å². The zero-order valence-corrected chi connectivity index (χ0v) is 14.0. The van der Waals surface area contributed by atoms with E-state index >= 15 is 0 Å². The summed E-state index contributed by atoms with van der Waals surface area (Å²) in [5, 5.41) is 5.04. The number of benzene rings is 3. The number of amides is 2. The molecule has 1 atom stereocenters. The molecule has 0 saturated carbocycles. The number of nitrogens with one attached hydrogen (secondary N) is 1. The van der Waals surface area contributed by atoms with Gasteiger partial charge in [0.05, 0.1) is 5.92 Å². The minimum Gasteiger partial charge on any atom is -0.326 e. The Kier molecular flexibility index (Phi) is 4.13. The van der Waals surface area contributed by atoms with Crippen LogP contribution in [0, 0.1) is 11.7 Å². The summed E-state index contributed by atoms with van der Waals surface area (Å²) in [5.41, 5.74) is 1.32. The highest BCUT2D eigenvalue weighted by Gasteiger charge is 2.35. The van der Waals surface area contributed by atoms with Gasteiger partial charge in [-0.15, -0.1) is 0 Å². The number of hydrogen-bond donors (Lipinski definition) is 1. The van der Waals surface area contributed by atoms with Crippen LogP contribution in [0.2, 0.25) is 0 Å². The standard InChI is InChI=1S/C21H17FN2O2/c22-17-6-9-19(10-7-17)24-13-16(12-20(24)25)21(26)23-18-8-5-14-3-1-2-4-15(14)11-18/h1-11,16H,12-13H2,(H,23,26)/t16-/m0/s1. The molecule has 1 aliphatic heterocycles. The predicted octanol–water partition coefficient (Wildman–Crippen LogP) is 3.97. The molecule has 1 fully saturated rings. The quantitative estimate of drug-likeness (QED) is 0.779. The maximum atomic E-state index is 13.1. The summed E-state index contributed by atoms with van der Waals surface area (Å²) in [6.45, 7) is 0.296. The summed E-state index contributed by atoms with van der Waals surface area (Å²) in [5.74, 6) is -1.10. The number of carbonyl (C=O) groups excluding carboxylic acids is 2. The Morgan fingerprint density at radius 1 is 1.00 bits per heavy atom. The number of rotatable bonds is 3. The van der Waals surface area contributed by atoms with Crippen molar-refractivity contribution in [3.05, 3.63) is 72.5 Å².